The van der Waals surface area contributed by atoms with E-state index in [1.54, 1.807) is 37.1 Å². The second-order valence-electron chi connectivity index (χ2n) is 10.7. The van der Waals surface area contributed by atoms with Crippen molar-refractivity contribution >= 4 is 23.4 Å². The normalized spacial score (nSPS) is 16.9. The van der Waals surface area contributed by atoms with Gasteiger partial charge in [-0.2, -0.15) is 0 Å². The van der Waals surface area contributed by atoms with Gasteiger partial charge in [-0.1, -0.05) is 43.3 Å². The van der Waals surface area contributed by atoms with Gasteiger partial charge in [-0.05, 0) is 67.6 Å². The first-order valence-corrected chi connectivity index (χ1v) is 14.2. The Kier molecular flexibility index (Phi) is 10.7. The fourth-order valence-electron chi connectivity index (χ4n) is 5.19. The maximum atomic E-state index is 13.4. The minimum atomic E-state index is -0.577. The minimum Gasteiger partial charge on any atom is -0.383 e. The summed E-state index contributed by atoms with van der Waals surface area (Å²) in [5.74, 6) is -1.83. The van der Waals surface area contributed by atoms with Crippen LogP contribution in [0.2, 0.25) is 0 Å². The summed E-state index contributed by atoms with van der Waals surface area (Å²) >= 11 is 0. The summed E-state index contributed by atoms with van der Waals surface area (Å²) < 4.78 is 18.5. The SMILES string of the molecule is COC[C@H]1CCCN1C(=O)c1cccc(C(=O)N[C@@H](Cc2ccccc2)[C@@H](N)C[C@@H](C)C(=O)Nc2ccc(F)cc2)n1. The van der Waals surface area contributed by atoms with Gasteiger partial charge in [0.2, 0.25) is 5.91 Å². The first-order chi connectivity index (χ1) is 20.2. The van der Waals surface area contributed by atoms with Crippen molar-refractivity contribution in [3.8, 4) is 0 Å². The number of nitrogens with two attached hydrogens (primary N) is 1. The highest BCUT2D eigenvalue weighted by Crippen LogP contribution is 2.20. The van der Waals surface area contributed by atoms with Crippen molar-refractivity contribution in [2.24, 2.45) is 11.7 Å². The molecule has 0 aliphatic carbocycles. The molecule has 0 bridgehead atoms. The molecule has 1 aliphatic rings. The molecule has 10 heteroatoms. The summed E-state index contributed by atoms with van der Waals surface area (Å²) in [6.07, 6.45) is 2.47. The van der Waals surface area contributed by atoms with Crippen LogP contribution in [0.5, 0.6) is 0 Å². The van der Waals surface area contributed by atoms with Gasteiger partial charge in [-0.15, -0.1) is 0 Å². The molecule has 0 radical (unpaired) electrons. The molecule has 0 unspecified atom stereocenters. The highest BCUT2D eigenvalue weighted by atomic mass is 19.1. The summed E-state index contributed by atoms with van der Waals surface area (Å²) in [6.45, 7) is 2.82. The van der Waals surface area contributed by atoms with E-state index in [0.29, 0.717) is 25.3 Å². The Morgan fingerprint density at radius 3 is 2.48 bits per heavy atom. The third-order valence-electron chi connectivity index (χ3n) is 7.51. The number of benzene rings is 2. The molecule has 1 saturated heterocycles. The lowest BCUT2D eigenvalue weighted by atomic mass is 9.92. The zero-order valence-electron chi connectivity index (χ0n) is 24.0. The number of aromatic nitrogens is 1. The van der Waals surface area contributed by atoms with E-state index in [2.05, 4.69) is 15.6 Å². The number of pyridine rings is 1. The van der Waals surface area contributed by atoms with Crippen LogP contribution in [0.1, 0.15) is 52.7 Å². The van der Waals surface area contributed by atoms with Crippen molar-refractivity contribution in [3.63, 3.8) is 0 Å². The number of halogens is 1. The Bertz CT molecular complexity index is 1350. The van der Waals surface area contributed by atoms with Crippen LogP contribution in [0.25, 0.3) is 0 Å². The molecule has 4 atom stereocenters. The second-order valence-corrected chi connectivity index (χ2v) is 10.7. The van der Waals surface area contributed by atoms with Gasteiger partial charge in [0.15, 0.2) is 0 Å². The molecule has 1 aliphatic heterocycles. The minimum absolute atomic E-state index is 0.0164. The zero-order valence-corrected chi connectivity index (χ0v) is 24.0. The number of nitrogens with one attached hydrogen (secondary N) is 2. The first-order valence-electron chi connectivity index (χ1n) is 14.2. The molecule has 4 N–H and O–H groups in total. The average Bonchev–Trinajstić information content (AvgIpc) is 3.46. The smallest absolute Gasteiger partial charge is 0.272 e. The topological polar surface area (TPSA) is 127 Å². The van der Waals surface area contributed by atoms with Gasteiger partial charge in [-0.25, -0.2) is 9.37 Å². The van der Waals surface area contributed by atoms with Crippen LogP contribution in [-0.2, 0) is 16.0 Å². The lowest BCUT2D eigenvalue weighted by molar-refractivity contribution is -0.119. The van der Waals surface area contributed by atoms with Crippen molar-refractivity contribution in [2.45, 2.75) is 50.7 Å². The van der Waals surface area contributed by atoms with Gasteiger partial charge in [0, 0.05) is 37.3 Å². The number of hydrogen-bond donors (Lipinski definition) is 3. The van der Waals surface area contributed by atoms with E-state index in [1.807, 2.05) is 30.3 Å². The van der Waals surface area contributed by atoms with E-state index in [-0.39, 0.29) is 35.7 Å². The molecule has 9 nitrogen and oxygen atoms in total. The Labute approximate surface area is 245 Å². The van der Waals surface area contributed by atoms with Crippen LogP contribution in [-0.4, -0.2) is 66.0 Å². The Morgan fingerprint density at radius 2 is 1.76 bits per heavy atom. The fraction of sp³-hybridized carbons (Fsp3) is 0.375. The molecule has 42 heavy (non-hydrogen) atoms. The number of rotatable bonds is 12. The van der Waals surface area contributed by atoms with Gasteiger partial charge in [0.05, 0.1) is 12.6 Å². The van der Waals surface area contributed by atoms with E-state index in [0.717, 1.165) is 18.4 Å². The predicted octanol–water partition coefficient (Wildman–Crippen LogP) is 3.81. The number of carbonyl (C=O) groups is 3. The van der Waals surface area contributed by atoms with Crippen LogP contribution in [0.15, 0.2) is 72.8 Å². The fourth-order valence-corrected chi connectivity index (χ4v) is 5.19. The van der Waals surface area contributed by atoms with Gasteiger partial charge in [0.25, 0.3) is 11.8 Å². The van der Waals surface area contributed by atoms with E-state index in [1.165, 1.54) is 24.3 Å². The third-order valence-corrected chi connectivity index (χ3v) is 7.51. The van der Waals surface area contributed by atoms with E-state index >= 15 is 0 Å². The van der Waals surface area contributed by atoms with Crippen molar-refractivity contribution in [3.05, 3.63) is 95.6 Å². The molecule has 2 aromatic carbocycles. The number of methoxy groups -OCH3 is 1. The molecular weight excluding hydrogens is 537 g/mol. The number of nitrogens with zero attached hydrogens (tertiary/aromatic N) is 2. The van der Waals surface area contributed by atoms with Gasteiger partial charge >= 0.3 is 0 Å². The van der Waals surface area contributed by atoms with Gasteiger partial charge in [-0.3, -0.25) is 14.4 Å². The van der Waals surface area contributed by atoms with Gasteiger partial charge < -0.3 is 26.0 Å². The summed E-state index contributed by atoms with van der Waals surface area (Å²) in [5, 5.41) is 5.78. The first kappa shape index (κ1) is 30.8. The van der Waals surface area contributed by atoms with Crippen molar-refractivity contribution in [2.75, 3.05) is 25.6 Å². The number of likely N-dealkylation sites (tertiary alicyclic amines) is 1. The number of hydrogen-bond acceptors (Lipinski definition) is 6. The molecule has 0 saturated carbocycles. The summed E-state index contributed by atoms with van der Waals surface area (Å²) in [6, 6.07) is 18.8. The predicted molar refractivity (Wildman–Crippen MR) is 158 cm³/mol. The van der Waals surface area contributed by atoms with Crippen molar-refractivity contribution in [1.82, 2.24) is 15.2 Å². The molecule has 1 aromatic heterocycles. The molecule has 0 spiro atoms. The lowest BCUT2D eigenvalue weighted by Crippen LogP contribution is -2.50. The van der Waals surface area contributed by atoms with E-state index in [4.69, 9.17) is 10.5 Å². The number of amides is 3. The summed E-state index contributed by atoms with van der Waals surface area (Å²) in [4.78, 5) is 45.6. The van der Waals surface area contributed by atoms with E-state index in [9.17, 15) is 18.8 Å². The van der Waals surface area contributed by atoms with Gasteiger partial charge in [0.1, 0.15) is 17.2 Å². The monoisotopic (exact) mass is 575 g/mol. The Balaban J connectivity index is 1.46. The molecule has 1 fully saturated rings. The van der Waals surface area contributed by atoms with Crippen LogP contribution >= 0.6 is 0 Å². The number of carbonyl (C=O) groups excluding carboxylic acids is 3. The Hall–Kier alpha value is -4.15. The highest BCUT2D eigenvalue weighted by molar-refractivity contribution is 5.96. The summed E-state index contributed by atoms with van der Waals surface area (Å²) in [7, 11) is 1.61. The largest absolute Gasteiger partial charge is 0.383 e. The standard InChI is InChI=1S/C32H38FN5O4/c1-21(30(39)35-24-15-13-23(33)14-16-24)18-26(34)29(19-22-8-4-3-5-9-22)37-31(40)27-11-6-12-28(36-27)32(41)38-17-7-10-25(38)20-42-2/h3-6,8-9,11-16,21,25-26,29H,7,10,17-20,34H2,1-2H3,(H,35,39)(H,37,40)/t21-,25-,26+,29+/m1/s1. The summed E-state index contributed by atoms with van der Waals surface area (Å²) in [5.41, 5.74) is 8.37. The zero-order chi connectivity index (χ0) is 30.1. The molecule has 2 heterocycles. The van der Waals surface area contributed by atoms with E-state index < -0.39 is 29.7 Å². The quantitative estimate of drug-likeness (QED) is 0.302. The Morgan fingerprint density at radius 1 is 1.05 bits per heavy atom. The molecule has 4 rings (SSSR count). The molecule has 3 aromatic rings. The maximum absolute atomic E-state index is 13.4. The second kappa shape index (κ2) is 14.7. The maximum Gasteiger partial charge on any atom is 0.272 e. The molecule has 222 valence electrons. The van der Waals surface area contributed by atoms with Crippen LogP contribution in [0, 0.1) is 11.7 Å². The molecule has 3 amide bonds. The van der Waals surface area contributed by atoms with Crippen molar-refractivity contribution in [1.29, 1.82) is 0 Å². The average molecular weight is 576 g/mol. The third kappa shape index (κ3) is 8.20. The lowest BCUT2D eigenvalue weighted by Gasteiger charge is -2.27. The van der Waals surface area contributed by atoms with Crippen LogP contribution in [0.3, 0.4) is 0 Å². The van der Waals surface area contributed by atoms with Crippen molar-refractivity contribution < 1.29 is 23.5 Å². The highest BCUT2D eigenvalue weighted by Gasteiger charge is 2.31. The van der Waals surface area contributed by atoms with Crippen LogP contribution < -0.4 is 16.4 Å². The number of ether oxygens (including phenoxy) is 1. The molecular formula is C32H38FN5O4. The number of anilines is 1. The van der Waals surface area contributed by atoms with Crippen LogP contribution in [0.4, 0.5) is 10.1 Å².